The van der Waals surface area contributed by atoms with E-state index < -0.39 is 0 Å². The summed E-state index contributed by atoms with van der Waals surface area (Å²) in [7, 11) is 0. The molecule has 5 rings (SSSR count). The zero-order valence-corrected chi connectivity index (χ0v) is 17.1. The number of H-pyrrole nitrogens is 1. The number of fused-ring (bicyclic) bond motifs is 1. The molecule has 3 aromatic rings. The fourth-order valence-corrected chi connectivity index (χ4v) is 4.89. The van der Waals surface area contributed by atoms with Gasteiger partial charge in [0.1, 0.15) is 0 Å². The molecule has 1 aliphatic heterocycles. The van der Waals surface area contributed by atoms with E-state index in [1.165, 1.54) is 21.1 Å². The maximum Gasteiger partial charge on any atom is 0.256 e. The molecule has 0 radical (unpaired) electrons. The van der Waals surface area contributed by atoms with Gasteiger partial charge in [0.15, 0.2) is 0 Å². The van der Waals surface area contributed by atoms with Crippen LogP contribution in [0.4, 0.5) is 0 Å². The smallest absolute Gasteiger partial charge is 0.256 e. The van der Waals surface area contributed by atoms with Crippen LogP contribution in [-0.2, 0) is 5.41 Å². The Kier molecular flexibility index (Phi) is 4.05. The molecule has 0 spiro atoms. The first-order chi connectivity index (χ1) is 13.1. The largest absolute Gasteiger partial charge is 0.389 e. The third-order valence-corrected chi connectivity index (χ3v) is 6.93. The number of carbonyl (C=O) groups is 1. The number of halogens is 1. The Morgan fingerprint density at radius 2 is 1.89 bits per heavy atom. The van der Waals surface area contributed by atoms with Crippen LogP contribution in [0.2, 0.25) is 0 Å². The van der Waals surface area contributed by atoms with Crippen molar-refractivity contribution in [3.63, 3.8) is 0 Å². The number of aliphatic hydroxyl groups excluding tert-OH is 1. The summed E-state index contributed by atoms with van der Waals surface area (Å²) in [4.78, 5) is 17.9. The number of para-hydroxylation sites is 1. The summed E-state index contributed by atoms with van der Waals surface area (Å²) < 4.78 is 1.24. The zero-order chi connectivity index (χ0) is 18.6. The van der Waals surface area contributed by atoms with E-state index in [0.29, 0.717) is 18.7 Å². The van der Waals surface area contributed by atoms with Crippen LogP contribution in [-0.4, -0.2) is 40.1 Å². The Morgan fingerprint density at radius 3 is 2.52 bits per heavy atom. The summed E-state index contributed by atoms with van der Waals surface area (Å²) in [6.45, 7) is 0.852. The molecule has 2 N–H and O–H groups in total. The number of aliphatic hydroxyl groups is 1. The molecule has 5 heteroatoms. The number of hydrogen-bond acceptors (Lipinski definition) is 2. The van der Waals surface area contributed by atoms with E-state index >= 15 is 0 Å². The van der Waals surface area contributed by atoms with Crippen LogP contribution in [0.5, 0.6) is 0 Å². The number of hydrogen-bond donors (Lipinski definition) is 2. The first kappa shape index (κ1) is 17.3. The third kappa shape index (κ3) is 2.63. The van der Waals surface area contributed by atoms with Crippen LogP contribution in [0, 0.1) is 3.57 Å². The minimum atomic E-state index is -0.383. The van der Waals surface area contributed by atoms with Gasteiger partial charge in [0.2, 0.25) is 0 Å². The van der Waals surface area contributed by atoms with Crippen LogP contribution >= 0.6 is 22.6 Å². The van der Waals surface area contributed by atoms with Crippen molar-refractivity contribution >= 4 is 39.4 Å². The van der Waals surface area contributed by atoms with Crippen LogP contribution in [0.25, 0.3) is 10.9 Å². The highest BCUT2D eigenvalue weighted by molar-refractivity contribution is 14.1. The number of amides is 1. The predicted molar refractivity (Wildman–Crippen MR) is 114 cm³/mol. The van der Waals surface area contributed by atoms with Crippen molar-refractivity contribution in [2.24, 2.45) is 0 Å². The fourth-order valence-electron chi connectivity index (χ4n) is 4.53. The topological polar surface area (TPSA) is 56.3 Å². The van der Waals surface area contributed by atoms with Crippen molar-refractivity contribution in [3.05, 3.63) is 68.9 Å². The molecule has 27 heavy (non-hydrogen) atoms. The molecule has 1 saturated carbocycles. The van der Waals surface area contributed by atoms with E-state index in [4.69, 9.17) is 0 Å². The first-order valence-corrected chi connectivity index (χ1v) is 10.5. The molecule has 4 nitrogen and oxygen atoms in total. The molecule has 1 saturated heterocycles. The molecule has 0 bridgehead atoms. The molecule has 1 aromatic heterocycles. The fraction of sp³-hybridized carbons (Fsp3) is 0.318. The molecule has 138 valence electrons. The van der Waals surface area contributed by atoms with Gasteiger partial charge in [-0.2, -0.15) is 0 Å². The highest BCUT2D eigenvalue weighted by atomic mass is 127. The third-order valence-electron chi connectivity index (χ3n) is 6.21. The van der Waals surface area contributed by atoms with E-state index in [-0.39, 0.29) is 17.4 Å². The Labute approximate surface area is 171 Å². The summed E-state index contributed by atoms with van der Waals surface area (Å²) in [6.07, 6.45) is 5.21. The second-order valence-corrected chi connectivity index (χ2v) is 8.98. The van der Waals surface area contributed by atoms with E-state index in [2.05, 4.69) is 64.1 Å². The number of nitrogens with one attached hydrogen (secondary N) is 1. The van der Waals surface area contributed by atoms with Crippen molar-refractivity contribution in [2.75, 3.05) is 13.1 Å². The number of nitrogens with zero attached hydrogens (tertiary/aromatic N) is 1. The number of β-amino-alcohol motifs (C(OH)–C–C–N with tert-alkyl or cyclic N) is 1. The quantitative estimate of drug-likeness (QED) is 0.566. The van der Waals surface area contributed by atoms with Gasteiger partial charge < -0.3 is 15.0 Å². The summed E-state index contributed by atoms with van der Waals surface area (Å²) in [5, 5.41) is 10.7. The lowest BCUT2D eigenvalue weighted by Gasteiger charge is -2.42. The molecule has 2 aromatic carbocycles. The lowest BCUT2D eigenvalue weighted by Crippen LogP contribution is -2.53. The summed E-state index contributed by atoms with van der Waals surface area (Å²) in [5.41, 5.74) is 4.30. The molecule has 0 unspecified atom stereocenters. The van der Waals surface area contributed by atoms with Crippen molar-refractivity contribution in [3.8, 4) is 0 Å². The van der Waals surface area contributed by atoms with Gasteiger partial charge in [-0.25, -0.2) is 0 Å². The lowest BCUT2D eigenvalue weighted by molar-refractivity contribution is 0.00601. The molecular formula is C22H21IN2O2. The van der Waals surface area contributed by atoms with Gasteiger partial charge in [-0.1, -0.05) is 30.7 Å². The van der Waals surface area contributed by atoms with E-state index in [1.807, 2.05) is 12.1 Å². The van der Waals surface area contributed by atoms with Crippen LogP contribution in [0.15, 0.2) is 48.7 Å². The number of aromatic nitrogens is 1. The van der Waals surface area contributed by atoms with Crippen LogP contribution in [0.3, 0.4) is 0 Å². The summed E-state index contributed by atoms with van der Waals surface area (Å²) in [5.74, 6) is -0.00350. The average molecular weight is 472 g/mol. The molecule has 1 aliphatic carbocycles. The maximum atomic E-state index is 12.8. The zero-order valence-electron chi connectivity index (χ0n) is 14.9. The Bertz CT molecular complexity index is 1010. The van der Waals surface area contributed by atoms with Crippen LogP contribution < -0.4 is 0 Å². The predicted octanol–water partition coefficient (Wildman–Crippen LogP) is 4.06. The molecule has 2 aliphatic rings. The summed E-state index contributed by atoms with van der Waals surface area (Å²) in [6, 6.07) is 14.8. The normalized spacial score (nSPS) is 19.0. The Morgan fingerprint density at radius 1 is 1.15 bits per heavy atom. The van der Waals surface area contributed by atoms with Gasteiger partial charge in [0.25, 0.3) is 5.91 Å². The second kappa shape index (κ2) is 6.34. The molecule has 2 fully saturated rings. The van der Waals surface area contributed by atoms with Crippen molar-refractivity contribution in [1.29, 1.82) is 0 Å². The van der Waals surface area contributed by atoms with Gasteiger partial charge >= 0.3 is 0 Å². The van der Waals surface area contributed by atoms with Crippen molar-refractivity contribution in [2.45, 2.75) is 30.8 Å². The summed E-state index contributed by atoms with van der Waals surface area (Å²) >= 11 is 2.34. The average Bonchev–Trinajstić information content (AvgIpc) is 3.04. The van der Waals surface area contributed by atoms with Gasteiger partial charge in [-0.15, -0.1) is 0 Å². The van der Waals surface area contributed by atoms with Gasteiger partial charge in [0.05, 0.1) is 17.2 Å². The van der Waals surface area contributed by atoms with Crippen LogP contribution in [0.1, 0.15) is 40.7 Å². The number of likely N-dealkylation sites (tertiary alicyclic amines) is 1. The highest BCUT2D eigenvalue weighted by Crippen LogP contribution is 2.51. The number of benzene rings is 2. The Hall–Kier alpha value is -1.86. The highest BCUT2D eigenvalue weighted by Gasteiger charge is 2.42. The Balaban J connectivity index is 1.59. The minimum absolute atomic E-state index is 0.00350. The number of carbonyl (C=O) groups excluding carboxylic acids is 1. The minimum Gasteiger partial charge on any atom is -0.389 e. The second-order valence-electron chi connectivity index (χ2n) is 7.74. The SMILES string of the molecule is O=C(c1cccc2c(C3(c4ccc(I)cc4)CCC3)c[nH]c12)N1CC(O)C1. The molecule has 0 atom stereocenters. The van der Waals surface area contributed by atoms with Gasteiger partial charge in [-0.05, 0) is 64.8 Å². The molecule has 1 amide bonds. The van der Waals surface area contributed by atoms with Gasteiger partial charge in [0, 0.05) is 33.7 Å². The van der Waals surface area contributed by atoms with Crippen molar-refractivity contribution < 1.29 is 9.90 Å². The van der Waals surface area contributed by atoms with Crippen molar-refractivity contribution in [1.82, 2.24) is 9.88 Å². The van der Waals surface area contributed by atoms with E-state index in [9.17, 15) is 9.90 Å². The van der Waals surface area contributed by atoms with E-state index in [1.54, 1.807) is 4.90 Å². The molecular weight excluding hydrogens is 451 g/mol. The van der Waals surface area contributed by atoms with E-state index in [0.717, 1.165) is 23.7 Å². The van der Waals surface area contributed by atoms with Gasteiger partial charge in [-0.3, -0.25) is 4.79 Å². The lowest BCUT2D eigenvalue weighted by atomic mass is 9.60. The monoisotopic (exact) mass is 472 g/mol. The first-order valence-electron chi connectivity index (χ1n) is 9.42. The standard InChI is InChI=1S/C22H21IN2O2/c23-15-7-5-14(6-8-15)22(9-2-10-22)19-11-24-20-17(19)3-1-4-18(20)21(27)25-12-16(26)13-25/h1,3-8,11,16,24,26H,2,9-10,12-13H2. The molecule has 2 heterocycles. The number of rotatable bonds is 3. The number of aromatic amines is 1. The maximum absolute atomic E-state index is 12.8.